The molecule has 1 aromatic rings. The zero-order valence-corrected chi connectivity index (χ0v) is 13.4. The molecule has 0 amide bonds. The van der Waals surface area contributed by atoms with E-state index in [9.17, 15) is 4.39 Å². The predicted octanol–water partition coefficient (Wildman–Crippen LogP) is 4.83. The first-order valence-corrected chi connectivity index (χ1v) is 7.99. The molecule has 3 heteroatoms. The van der Waals surface area contributed by atoms with Gasteiger partial charge in [0, 0.05) is 6.04 Å². The topological polar surface area (TPSA) is 12.0 Å². The van der Waals surface area contributed by atoms with Crippen molar-refractivity contribution in [2.45, 2.75) is 52.5 Å². The lowest BCUT2D eigenvalue weighted by Gasteiger charge is -2.35. The second-order valence-corrected chi connectivity index (χ2v) is 6.95. The second kappa shape index (κ2) is 6.44. The highest BCUT2D eigenvalue weighted by atomic mass is 35.5. The lowest BCUT2D eigenvalue weighted by atomic mass is 9.76. The smallest absolute Gasteiger partial charge is 0.142 e. The van der Waals surface area contributed by atoms with Gasteiger partial charge in [0.2, 0.25) is 0 Å². The van der Waals surface area contributed by atoms with Gasteiger partial charge in [0.25, 0.3) is 0 Å². The van der Waals surface area contributed by atoms with Gasteiger partial charge in [-0.3, -0.25) is 0 Å². The SMILES string of the molecule is CCNC(Cc1cccc(F)c1Cl)C1CCCC1(C)C. The van der Waals surface area contributed by atoms with Crippen LogP contribution < -0.4 is 5.32 Å². The van der Waals surface area contributed by atoms with Crippen molar-refractivity contribution in [1.29, 1.82) is 0 Å². The monoisotopic (exact) mass is 297 g/mol. The summed E-state index contributed by atoms with van der Waals surface area (Å²) in [6.45, 7) is 7.76. The van der Waals surface area contributed by atoms with Gasteiger partial charge in [-0.15, -0.1) is 0 Å². The molecule has 0 heterocycles. The third-order valence-electron chi connectivity index (χ3n) is 4.76. The molecule has 1 N–H and O–H groups in total. The summed E-state index contributed by atoms with van der Waals surface area (Å²) >= 11 is 6.11. The van der Waals surface area contributed by atoms with Crippen molar-refractivity contribution in [2.24, 2.45) is 11.3 Å². The van der Waals surface area contributed by atoms with Crippen molar-refractivity contribution in [2.75, 3.05) is 6.54 Å². The minimum atomic E-state index is -0.315. The molecule has 1 aliphatic carbocycles. The number of nitrogens with one attached hydrogen (secondary N) is 1. The normalized spacial score (nSPS) is 22.9. The van der Waals surface area contributed by atoms with Crippen molar-refractivity contribution in [1.82, 2.24) is 5.32 Å². The Labute approximate surface area is 126 Å². The molecule has 0 aliphatic heterocycles. The molecule has 1 nitrogen and oxygen atoms in total. The van der Waals surface area contributed by atoms with Gasteiger partial charge in [0.15, 0.2) is 0 Å². The van der Waals surface area contributed by atoms with Crippen LogP contribution in [0.5, 0.6) is 0 Å². The Kier molecular flexibility index (Phi) is 5.09. The van der Waals surface area contributed by atoms with Crippen molar-refractivity contribution in [3.8, 4) is 0 Å². The molecular weight excluding hydrogens is 273 g/mol. The Hall–Kier alpha value is -0.600. The molecule has 1 aromatic carbocycles. The third kappa shape index (κ3) is 3.35. The lowest BCUT2D eigenvalue weighted by Crippen LogP contribution is -2.42. The van der Waals surface area contributed by atoms with Gasteiger partial charge in [0.1, 0.15) is 5.82 Å². The van der Waals surface area contributed by atoms with E-state index >= 15 is 0 Å². The number of hydrogen-bond acceptors (Lipinski definition) is 1. The van der Waals surface area contributed by atoms with E-state index in [4.69, 9.17) is 11.6 Å². The van der Waals surface area contributed by atoms with Crippen LogP contribution in [0.25, 0.3) is 0 Å². The molecule has 2 rings (SSSR count). The molecule has 2 unspecified atom stereocenters. The maximum absolute atomic E-state index is 13.6. The summed E-state index contributed by atoms with van der Waals surface area (Å²) in [5, 5.41) is 3.88. The van der Waals surface area contributed by atoms with Gasteiger partial charge >= 0.3 is 0 Å². The summed E-state index contributed by atoms with van der Waals surface area (Å²) in [6.07, 6.45) is 4.61. The summed E-state index contributed by atoms with van der Waals surface area (Å²) in [6, 6.07) is 5.49. The maximum Gasteiger partial charge on any atom is 0.142 e. The van der Waals surface area contributed by atoms with Crippen LogP contribution in [-0.4, -0.2) is 12.6 Å². The molecule has 0 saturated heterocycles. The molecule has 0 aromatic heterocycles. The number of benzene rings is 1. The standard InChI is InChI=1S/C17H25ClFN/c1-4-20-15(13-8-6-10-17(13,2)3)11-12-7-5-9-14(19)16(12)18/h5,7,9,13,15,20H,4,6,8,10-11H2,1-3H3. The Balaban J connectivity index is 2.19. The van der Waals surface area contributed by atoms with Crippen LogP contribution in [0.1, 0.15) is 45.6 Å². The van der Waals surface area contributed by atoms with Crippen LogP contribution in [0.15, 0.2) is 18.2 Å². The molecule has 1 aliphatic rings. The van der Waals surface area contributed by atoms with Crippen LogP contribution in [0, 0.1) is 17.2 Å². The number of halogens is 2. The van der Waals surface area contributed by atoms with E-state index in [0.717, 1.165) is 18.5 Å². The summed E-state index contributed by atoms with van der Waals surface area (Å²) < 4.78 is 13.6. The number of rotatable bonds is 5. The summed E-state index contributed by atoms with van der Waals surface area (Å²) in [5.41, 5.74) is 1.27. The van der Waals surface area contributed by atoms with Crippen molar-refractivity contribution in [3.05, 3.63) is 34.6 Å². The fraction of sp³-hybridized carbons (Fsp3) is 0.647. The molecular formula is C17H25ClFN. The minimum Gasteiger partial charge on any atom is -0.314 e. The van der Waals surface area contributed by atoms with Gasteiger partial charge in [-0.2, -0.15) is 0 Å². The van der Waals surface area contributed by atoms with Gasteiger partial charge in [0.05, 0.1) is 5.02 Å². The third-order valence-corrected chi connectivity index (χ3v) is 5.19. The van der Waals surface area contributed by atoms with E-state index in [-0.39, 0.29) is 10.8 Å². The largest absolute Gasteiger partial charge is 0.314 e. The first kappa shape index (κ1) is 15.8. The summed E-state index contributed by atoms with van der Waals surface area (Å²) in [7, 11) is 0. The lowest BCUT2D eigenvalue weighted by molar-refractivity contribution is 0.197. The van der Waals surface area contributed by atoms with E-state index in [2.05, 4.69) is 26.1 Å². The average molecular weight is 298 g/mol. The molecule has 20 heavy (non-hydrogen) atoms. The number of hydrogen-bond donors (Lipinski definition) is 1. The average Bonchev–Trinajstić information content (AvgIpc) is 2.74. The molecule has 0 spiro atoms. The molecule has 1 saturated carbocycles. The Morgan fingerprint density at radius 2 is 2.20 bits per heavy atom. The quantitative estimate of drug-likeness (QED) is 0.821. The van der Waals surface area contributed by atoms with Gasteiger partial charge < -0.3 is 5.32 Å². The van der Waals surface area contributed by atoms with Gasteiger partial charge in [-0.1, -0.05) is 50.9 Å². The fourth-order valence-electron chi connectivity index (χ4n) is 3.66. The van der Waals surface area contributed by atoms with Gasteiger partial charge in [-0.05, 0) is 48.8 Å². The van der Waals surface area contributed by atoms with E-state index in [1.165, 1.54) is 25.3 Å². The first-order chi connectivity index (χ1) is 9.45. The zero-order chi connectivity index (χ0) is 14.8. The Morgan fingerprint density at radius 1 is 1.45 bits per heavy atom. The van der Waals surface area contributed by atoms with Crippen LogP contribution in [0.4, 0.5) is 4.39 Å². The van der Waals surface area contributed by atoms with Crippen molar-refractivity contribution in [3.63, 3.8) is 0 Å². The Bertz CT molecular complexity index is 458. The van der Waals surface area contributed by atoms with E-state index in [0.29, 0.717) is 17.4 Å². The zero-order valence-electron chi connectivity index (χ0n) is 12.7. The fourth-order valence-corrected chi connectivity index (χ4v) is 3.86. The van der Waals surface area contributed by atoms with Crippen LogP contribution >= 0.6 is 11.6 Å². The van der Waals surface area contributed by atoms with Crippen molar-refractivity contribution >= 4 is 11.6 Å². The van der Waals surface area contributed by atoms with Crippen LogP contribution in [0.3, 0.4) is 0 Å². The highest BCUT2D eigenvalue weighted by Crippen LogP contribution is 2.45. The van der Waals surface area contributed by atoms with Crippen LogP contribution in [-0.2, 0) is 6.42 Å². The highest BCUT2D eigenvalue weighted by molar-refractivity contribution is 6.31. The Morgan fingerprint density at radius 3 is 2.80 bits per heavy atom. The predicted molar refractivity (Wildman–Crippen MR) is 83.7 cm³/mol. The van der Waals surface area contributed by atoms with Gasteiger partial charge in [-0.25, -0.2) is 4.39 Å². The first-order valence-electron chi connectivity index (χ1n) is 7.62. The summed E-state index contributed by atoms with van der Waals surface area (Å²) in [5.74, 6) is 0.312. The molecule has 0 radical (unpaired) electrons. The maximum atomic E-state index is 13.6. The molecule has 1 fully saturated rings. The summed E-state index contributed by atoms with van der Waals surface area (Å²) in [4.78, 5) is 0. The molecule has 2 atom stereocenters. The van der Waals surface area contributed by atoms with E-state index in [1.54, 1.807) is 6.07 Å². The molecule has 0 bridgehead atoms. The van der Waals surface area contributed by atoms with E-state index < -0.39 is 0 Å². The van der Waals surface area contributed by atoms with E-state index in [1.807, 2.05) is 6.07 Å². The minimum absolute atomic E-state index is 0.284. The highest BCUT2D eigenvalue weighted by Gasteiger charge is 2.39. The molecule has 112 valence electrons. The van der Waals surface area contributed by atoms with Crippen LogP contribution in [0.2, 0.25) is 5.02 Å². The van der Waals surface area contributed by atoms with Crippen molar-refractivity contribution < 1.29 is 4.39 Å². The second-order valence-electron chi connectivity index (χ2n) is 6.57. The number of likely N-dealkylation sites (N-methyl/N-ethyl adjacent to an activating group) is 1.